The number of likely N-dealkylation sites (N-methyl/N-ethyl adjacent to an activating group) is 1. The summed E-state index contributed by atoms with van der Waals surface area (Å²) in [4.78, 5) is 30.7. The largest absolute Gasteiger partial charge is 0.336 e. The summed E-state index contributed by atoms with van der Waals surface area (Å²) in [5, 5.41) is 3.92. The van der Waals surface area contributed by atoms with E-state index in [4.69, 9.17) is 0 Å². The lowest BCUT2D eigenvalue weighted by Gasteiger charge is -2.18. The van der Waals surface area contributed by atoms with Crippen LogP contribution in [0.1, 0.15) is 16.1 Å². The Hall–Kier alpha value is -2.38. The van der Waals surface area contributed by atoms with Gasteiger partial charge in [0, 0.05) is 18.5 Å². The van der Waals surface area contributed by atoms with Crippen molar-refractivity contribution in [3.05, 3.63) is 58.6 Å². The van der Waals surface area contributed by atoms with Crippen molar-refractivity contribution < 1.29 is 9.59 Å². The minimum absolute atomic E-state index is 0.0360. The molecule has 0 saturated heterocycles. The predicted molar refractivity (Wildman–Crippen MR) is 118 cm³/mol. The number of aromatic nitrogens is 1. The molecule has 0 unspecified atom stereocenters. The number of hydrogen-bond acceptors (Lipinski definition) is 5. The number of carbonyl (C=O) groups is 2. The fourth-order valence-corrected chi connectivity index (χ4v) is 4.80. The second kappa shape index (κ2) is 9.21. The first kappa shape index (κ1) is 20.4. The topological polar surface area (TPSA) is 62.3 Å². The Kier molecular flexibility index (Phi) is 6.70. The number of benzene rings is 2. The first-order valence-corrected chi connectivity index (χ1v) is 10.9. The summed E-state index contributed by atoms with van der Waals surface area (Å²) in [5.74, 6) is 0.753. The highest BCUT2D eigenvalue weighted by atomic mass is 32.2. The van der Waals surface area contributed by atoms with Crippen LogP contribution < -0.4 is 5.32 Å². The third-order valence-electron chi connectivity index (χ3n) is 4.34. The standard InChI is InChI=1S/C21H23N3O2S2/c1-14-7-6-8-15(2)21(14)23-18(25)11-24(3)20(26)13-27-12-19-22-16-9-4-5-10-17(16)28-19/h4-10H,11-13H2,1-3H3,(H,23,25). The normalized spacial score (nSPS) is 10.8. The maximum atomic E-state index is 12.3. The van der Waals surface area contributed by atoms with Crippen molar-refractivity contribution in [2.75, 3.05) is 24.7 Å². The van der Waals surface area contributed by atoms with E-state index in [0.29, 0.717) is 11.5 Å². The van der Waals surface area contributed by atoms with Crippen LogP contribution in [0.4, 0.5) is 5.69 Å². The minimum Gasteiger partial charge on any atom is -0.336 e. The minimum atomic E-state index is -0.190. The summed E-state index contributed by atoms with van der Waals surface area (Å²) >= 11 is 3.17. The summed E-state index contributed by atoms with van der Waals surface area (Å²) in [6, 6.07) is 13.9. The van der Waals surface area contributed by atoms with Crippen LogP contribution in [0.2, 0.25) is 0 Å². The van der Waals surface area contributed by atoms with Crippen LogP contribution in [0.25, 0.3) is 10.2 Å². The number of amides is 2. The third-order valence-corrected chi connectivity index (χ3v) is 6.49. The van der Waals surface area contributed by atoms with Gasteiger partial charge in [-0.3, -0.25) is 9.59 Å². The smallest absolute Gasteiger partial charge is 0.243 e. The van der Waals surface area contributed by atoms with Gasteiger partial charge in [0.1, 0.15) is 5.01 Å². The number of thioether (sulfide) groups is 1. The zero-order chi connectivity index (χ0) is 20.1. The number of thiazole rings is 1. The first-order valence-electron chi connectivity index (χ1n) is 8.96. The molecule has 1 aromatic heterocycles. The van der Waals surface area contributed by atoms with E-state index in [1.807, 2.05) is 50.2 Å². The summed E-state index contributed by atoms with van der Waals surface area (Å²) in [6.45, 7) is 3.95. The Balaban J connectivity index is 1.46. The SMILES string of the molecule is Cc1cccc(C)c1NC(=O)CN(C)C(=O)CSCc1nc2ccccc2s1. The summed E-state index contributed by atoms with van der Waals surface area (Å²) in [6.07, 6.45) is 0. The number of para-hydroxylation sites is 2. The molecule has 5 nitrogen and oxygen atoms in total. The quantitative estimate of drug-likeness (QED) is 0.629. The molecule has 7 heteroatoms. The van der Waals surface area contributed by atoms with Crippen molar-refractivity contribution in [3.8, 4) is 0 Å². The first-order chi connectivity index (χ1) is 13.4. The Labute approximate surface area is 173 Å². The zero-order valence-corrected chi connectivity index (χ0v) is 17.8. The number of carbonyl (C=O) groups excluding carboxylic acids is 2. The van der Waals surface area contributed by atoms with E-state index in [9.17, 15) is 9.59 Å². The van der Waals surface area contributed by atoms with Crippen LogP contribution in [0, 0.1) is 13.8 Å². The molecule has 0 aliphatic rings. The highest BCUT2D eigenvalue weighted by Crippen LogP contribution is 2.25. The average molecular weight is 414 g/mol. The molecule has 0 saturated carbocycles. The fraction of sp³-hybridized carbons (Fsp3) is 0.286. The molecule has 3 aromatic rings. The van der Waals surface area contributed by atoms with Gasteiger partial charge in [-0.25, -0.2) is 4.98 Å². The Bertz CT molecular complexity index is 947. The summed E-state index contributed by atoms with van der Waals surface area (Å²) in [5.41, 5.74) is 3.83. The van der Waals surface area contributed by atoms with E-state index in [2.05, 4.69) is 16.4 Å². The van der Waals surface area contributed by atoms with Gasteiger partial charge >= 0.3 is 0 Å². The lowest BCUT2D eigenvalue weighted by molar-refractivity contribution is -0.131. The van der Waals surface area contributed by atoms with Crippen LogP contribution in [0.5, 0.6) is 0 Å². The molecule has 2 amide bonds. The molecular formula is C21H23N3O2S2. The van der Waals surface area contributed by atoms with Crippen molar-refractivity contribution in [1.82, 2.24) is 9.88 Å². The molecule has 1 heterocycles. The Morgan fingerprint density at radius 3 is 2.54 bits per heavy atom. The number of nitrogens with one attached hydrogen (secondary N) is 1. The van der Waals surface area contributed by atoms with Gasteiger partial charge < -0.3 is 10.2 Å². The summed E-state index contributed by atoms with van der Waals surface area (Å²) in [7, 11) is 1.66. The van der Waals surface area contributed by atoms with Gasteiger partial charge in [0.15, 0.2) is 0 Å². The number of anilines is 1. The van der Waals surface area contributed by atoms with Gasteiger partial charge in [0.25, 0.3) is 0 Å². The number of fused-ring (bicyclic) bond motifs is 1. The van der Waals surface area contributed by atoms with E-state index in [0.717, 1.165) is 32.0 Å². The Morgan fingerprint density at radius 2 is 1.82 bits per heavy atom. The molecular weight excluding hydrogens is 390 g/mol. The molecule has 0 aliphatic carbocycles. The van der Waals surface area contributed by atoms with Crippen LogP contribution in [-0.4, -0.2) is 41.0 Å². The van der Waals surface area contributed by atoms with Gasteiger partial charge in [-0.2, -0.15) is 0 Å². The molecule has 0 radical (unpaired) electrons. The number of nitrogens with zero attached hydrogens (tertiary/aromatic N) is 2. The maximum absolute atomic E-state index is 12.3. The van der Waals surface area contributed by atoms with E-state index < -0.39 is 0 Å². The third kappa shape index (κ3) is 5.11. The highest BCUT2D eigenvalue weighted by Gasteiger charge is 2.15. The second-order valence-corrected chi connectivity index (χ2v) is 8.73. The molecule has 3 rings (SSSR count). The van der Waals surface area contributed by atoms with Gasteiger partial charge in [-0.15, -0.1) is 23.1 Å². The molecule has 0 spiro atoms. The Morgan fingerprint density at radius 1 is 1.11 bits per heavy atom. The number of aryl methyl sites for hydroxylation is 2. The predicted octanol–water partition coefficient (Wildman–Crippen LogP) is 4.24. The van der Waals surface area contributed by atoms with Crippen LogP contribution in [-0.2, 0) is 15.3 Å². The molecule has 146 valence electrons. The van der Waals surface area contributed by atoms with Gasteiger partial charge in [0.05, 0.1) is 22.5 Å². The zero-order valence-electron chi connectivity index (χ0n) is 16.2. The average Bonchev–Trinajstić information content (AvgIpc) is 3.07. The summed E-state index contributed by atoms with van der Waals surface area (Å²) < 4.78 is 1.16. The van der Waals surface area contributed by atoms with Gasteiger partial charge in [0.2, 0.25) is 11.8 Å². The molecule has 0 bridgehead atoms. The van der Waals surface area contributed by atoms with E-state index in [-0.39, 0.29) is 18.4 Å². The van der Waals surface area contributed by atoms with E-state index >= 15 is 0 Å². The van der Waals surface area contributed by atoms with Crippen molar-refractivity contribution >= 4 is 50.8 Å². The van der Waals surface area contributed by atoms with Gasteiger partial charge in [-0.1, -0.05) is 30.3 Å². The molecule has 0 atom stereocenters. The van der Waals surface area contributed by atoms with Crippen LogP contribution in [0.3, 0.4) is 0 Å². The number of hydrogen-bond donors (Lipinski definition) is 1. The van der Waals surface area contributed by atoms with E-state index in [1.54, 1.807) is 18.4 Å². The van der Waals surface area contributed by atoms with Crippen molar-refractivity contribution in [1.29, 1.82) is 0 Å². The van der Waals surface area contributed by atoms with Crippen molar-refractivity contribution in [2.24, 2.45) is 0 Å². The van der Waals surface area contributed by atoms with Crippen molar-refractivity contribution in [2.45, 2.75) is 19.6 Å². The van der Waals surface area contributed by atoms with Crippen LogP contribution >= 0.6 is 23.1 Å². The molecule has 28 heavy (non-hydrogen) atoms. The highest BCUT2D eigenvalue weighted by molar-refractivity contribution is 7.99. The fourth-order valence-electron chi connectivity index (χ4n) is 2.81. The van der Waals surface area contributed by atoms with Gasteiger partial charge in [-0.05, 0) is 37.1 Å². The lowest BCUT2D eigenvalue weighted by Crippen LogP contribution is -2.36. The van der Waals surface area contributed by atoms with Crippen molar-refractivity contribution in [3.63, 3.8) is 0 Å². The van der Waals surface area contributed by atoms with E-state index in [1.165, 1.54) is 16.7 Å². The maximum Gasteiger partial charge on any atom is 0.243 e. The second-order valence-electron chi connectivity index (χ2n) is 6.63. The molecule has 0 aliphatic heterocycles. The van der Waals surface area contributed by atoms with Crippen LogP contribution in [0.15, 0.2) is 42.5 Å². The molecule has 0 fully saturated rings. The lowest BCUT2D eigenvalue weighted by atomic mass is 10.1. The monoisotopic (exact) mass is 413 g/mol. The number of rotatable bonds is 7. The molecule has 1 N–H and O–H groups in total. The molecule has 2 aromatic carbocycles.